The zero-order chi connectivity index (χ0) is 34.9. The smallest absolute Gasteiger partial charge is 0.188 e. The second-order valence-corrected chi connectivity index (χ2v) is 21.0. The van der Waals surface area contributed by atoms with Gasteiger partial charge in [0.1, 0.15) is 11.5 Å². The first-order valence-corrected chi connectivity index (χ1v) is 22.4. The van der Waals surface area contributed by atoms with E-state index in [1.54, 1.807) is 0 Å². The van der Waals surface area contributed by atoms with Crippen LogP contribution in [0.25, 0.3) is 20.2 Å². The molecule has 0 saturated heterocycles. The summed E-state index contributed by atoms with van der Waals surface area (Å²) in [4.78, 5) is 2.46. The third-order valence-corrected chi connectivity index (χ3v) is 20.5. The average molecular weight is 727 g/mol. The van der Waals surface area contributed by atoms with Gasteiger partial charge in [0.2, 0.25) is 0 Å². The molecule has 249 valence electrons. The molecule has 0 bridgehead atoms. The lowest BCUT2D eigenvalue weighted by Gasteiger charge is -2.46. The zero-order valence-corrected chi connectivity index (χ0v) is 31.6. The van der Waals surface area contributed by atoms with E-state index < -0.39 is 16.9 Å². The predicted molar refractivity (Wildman–Crippen MR) is 229 cm³/mol. The number of nitrogens with zero attached hydrogens (tertiary/aromatic N) is 1. The number of thiophene rings is 1. The number of para-hydroxylation sites is 3. The van der Waals surface area contributed by atoms with Crippen LogP contribution in [0.3, 0.4) is 0 Å². The van der Waals surface area contributed by atoms with Crippen LogP contribution in [0.4, 0.5) is 17.1 Å². The van der Waals surface area contributed by atoms with Crippen molar-refractivity contribution in [2.24, 2.45) is 0 Å². The molecule has 9 aromatic rings. The molecule has 0 amide bonds. The largest absolute Gasteiger partial charge is 0.458 e. The van der Waals surface area contributed by atoms with Gasteiger partial charge in [-0.25, -0.2) is 0 Å². The number of ether oxygens (including phenoxy) is 1. The molecule has 3 heterocycles. The molecule has 0 N–H and O–H groups in total. The first-order chi connectivity index (χ1) is 26.3. The van der Waals surface area contributed by atoms with Crippen LogP contribution >= 0.6 is 11.3 Å². The van der Waals surface area contributed by atoms with Crippen molar-refractivity contribution in [2.75, 3.05) is 4.90 Å². The number of hydrogen-bond donors (Lipinski definition) is 0. The molecule has 5 heteroatoms. The molecule has 1 aromatic heterocycles. The summed E-state index contributed by atoms with van der Waals surface area (Å²) >= 11 is 1.86. The number of anilines is 3. The quantitative estimate of drug-likeness (QED) is 0.172. The summed E-state index contributed by atoms with van der Waals surface area (Å²) in [6, 6.07) is 72.3. The summed E-state index contributed by atoms with van der Waals surface area (Å²) in [5, 5.41) is 12.5. The first-order valence-electron chi connectivity index (χ1n) is 18.1. The standard InChI is InChI=1S/C48H32NOSSi2/c1-3-15-33(16-4-1)49(34-27-29-42-38(31-34)37-19-7-10-22-41(37)51-42)35-28-30-44-48(32-35)53(45-24-12-8-20-39(45)50-40-21-9-13-25-46(40)53)47-26-14-11-23-43(47)52(44)36-17-5-2-6-18-36/h1-32H. The summed E-state index contributed by atoms with van der Waals surface area (Å²) in [5.41, 5.74) is 3.45. The van der Waals surface area contributed by atoms with Crippen LogP contribution in [-0.4, -0.2) is 16.9 Å². The third kappa shape index (κ3) is 4.55. The van der Waals surface area contributed by atoms with Gasteiger partial charge in [-0.2, -0.15) is 0 Å². The number of rotatable bonds is 4. The maximum Gasteiger partial charge on any atom is 0.188 e. The minimum atomic E-state index is -2.90. The molecule has 0 aliphatic carbocycles. The molecule has 0 atom stereocenters. The Morgan fingerprint density at radius 1 is 0.415 bits per heavy atom. The molecule has 2 aliphatic heterocycles. The van der Waals surface area contributed by atoms with Crippen molar-refractivity contribution in [1.29, 1.82) is 0 Å². The lowest BCUT2D eigenvalue weighted by atomic mass is 10.1. The molecule has 0 unspecified atom stereocenters. The minimum absolute atomic E-state index is 0.967. The van der Waals surface area contributed by atoms with E-state index in [-0.39, 0.29) is 0 Å². The highest BCUT2D eigenvalue weighted by Gasteiger charge is 2.54. The van der Waals surface area contributed by atoms with Crippen molar-refractivity contribution in [3.63, 3.8) is 0 Å². The lowest BCUT2D eigenvalue weighted by Crippen LogP contribution is -2.87. The van der Waals surface area contributed by atoms with Crippen molar-refractivity contribution in [3.8, 4) is 11.5 Å². The van der Waals surface area contributed by atoms with Crippen LogP contribution in [0.2, 0.25) is 0 Å². The van der Waals surface area contributed by atoms with E-state index in [1.165, 1.54) is 56.5 Å². The first kappa shape index (κ1) is 30.6. The SMILES string of the molecule is c1ccc(N(c2ccc3c(c2)[Si]2(c4ccccc4Oc4ccccc42)c2ccccc2[Si]3c2ccccc2)c2ccc3sc4ccccc4c3c2)cc1. The number of fused-ring (bicyclic) bond motifs is 11. The van der Waals surface area contributed by atoms with Gasteiger partial charge in [0.15, 0.2) is 16.9 Å². The summed E-state index contributed by atoms with van der Waals surface area (Å²) in [5.74, 6) is 1.93. The van der Waals surface area contributed by atoms with Gasteiger partial charge in [-0.1, -0.05) is 149 Å². The maximum absolute atomic E-state index is 6.76. The Bertz CT molecular complexity index is 2810. The Kier molecular flexibility index (Phi) is 6.95. The average Bonchev–Trinajstić information content (AvgIpc) is 3.60. The molecule has 53 heavy (non-hydrogen) atoms. The van der Waals surface area contributed by atoms with E-state index in [2.05, 4.69) is 199 Å². The molecule has 1 radical (unpaired) electrons. The van der Waals surface area contributed by atoms with Crippen molar-refractivity contribution in [1.82, 2.24) is 0 Å². The summed E-state index contributed by atoms with van der Waals surface area (Å²) < 4.78 is 9.39. The van der Waals surface area contributed by atoms with Gasteiger partial charge in [0.25, 0.3) is 0 Å². The van der Waals surface area contributed by atoms with Gasteiger partial charge >= 0.3 is 0 Å². The van der Waals surface area contributed by atoms with E-state index in [1.807, 2.05) is 11.3 Å². The Balaban J connectivity index is 1.24. The summed E-state index contributed by atoms with van der Waals surface area (Å²) in [6.07, 6.45) is 0. The fraction of sp³-hybridized carbons (Fsp3) is 0. The number of hydrogen-bond acceptors (Lipinski definition) is 3. The topological polar surface area (TPSA) is 12.5 Å². The van der Waals surface area contributed by atoms with E-state index in [0.29, 0.717) is 0 Å². The fourth-order valence-corrected chi connectivity index (χ4v) is 19.6. The molecule has 0 fully saturated rings. The van der Waals surface area contributed by atoms with E-state index >= 15 is 0 Å². The highest BCUT2D eigenvalue weighted by molar-refractivity contribution is 7.27. The minimum Gasteiger partial charge on any atom is -0.458 e. The van der Waals surface area contributed by atoms with Crippen LogP contribution in [-0.2, 0) is 0 Å². The fourth-order valence-electron chi connectivity index (χ4n) is 8.89. The third-order valence-electron chi connectivity index (χ3n) is 11.0. The Labute approximate surface area is 315 Å². The molecule has 8 aromatic carbocycles. The van der Waals surface area contributed by atoms with Gasteiger partial charge in [0, 0.05) is 37.2 Å². The van der Waals surface area contributed by atoms with E-state index in [0.717, 1.165) is 28.6 Å². The predicted octanol–water partition coefficient (Wildman–Crippen LogP) is 7.84. The van der Waals surface area contributed by atoms with Crippen LogP contribution in [0.5, 0.6) is 11.5 Å². The second kappa shape index (κ2) is 12.0. The highest BCUT2D eigenvalue weighted by Crippen LogP contribution is 2.40. The molecule has 1 spiro atoms. The summed E-state index contributed by atoms with van der Waals surface area (Å²) in [6.45, 7) is 0. The molecule has 2 nitrogen and oxygen atoms in total. The number of benzene rings is 8. The lowest BCUT2D eigenvalue weighted by molar-refractivity contribution is 0.487. The van der Waals surface area contributed by atoms with Gasteiger partial charge in [-0.3, -0.25) is 0 Å². The Morgan fingerprint density at radius 2 is 0.981 bits per heavy atom. The zero-order valence-electron chi connectivity index (χ0n) is 28.7. The van der Waals surface area contributed by atoms with Crippen molar-refractivity contribution in [2.45, 2.75) is 0 Å². The Hall–Kier alpha value is -5.99. The van der Waals surface area contributed by atoms with Crippen LogP contribution in [0, 0.1) is 0 Å². The van der Waals surface area contributed by atoms with Crippen LogP contribution < -0.4 is 45.9 Å². The van der Waals surface area contributed by atoms with Gasteiger partial charge in [0.05, 0.1) is 0 Å². The molecule has 0 saturated carbocycles. The van der Waals surface area contributed by atoms with Gasteiger partial charge in [-0.05, 0) is 81.4 Å². The van der Waals surface area contributed by atoms with Crippen LogP contribution in [0.15, 0.2) is 194 Å². The van der Waals surface area contributed by atoms with Gasteiger partial charge in [-0.15, -0.1) is 11.3 Å². The van der Waals surface area contributed by atoms with Gasteiger partial charge < -0.3 is 9.64 Å². The molecule has 2 aliphatic rings. The van der Waals surface area contributed by atoms with E-state index in [9.17, 15) is 0 Å². The van der Waals surface area contributed by atoms with E-state index in [4.69, 9.17) is 4.74 Å². The maximum atomic E-state index is 6.76. The van der Waals surface area contributed by atoms with Crippen LogP contribution in [0.1, 0.15) is 0 Å². The monoisotopic (exact) mass is 726 g/mol. The molecular formula is C48H32NOSSi2. The van der Waals surface area contributed by atoms with Crippen molar-refractivity contribution in [3.05, 3.63) is 194 Å². The second-order valence-electron chi connectivity index (χ2n) is 13.8. The van der Waals surface area contributed by atoms with Crippen molar-refractivity contribution >= 4 is 102 Å². The summed E-state index contributed by atoms with van der Waals surface area (Å²) in [7, 11) is -4.25. The molecular weight excluding hydrogens is 695 g/mol. The van der Waals surface area contributed by atoms with Crippen molar-refractivity contribution < 1.29 is 4.74 Å². The molecule has 11 rings (SSSR count). The Morgan fingerprint density at radius 3 is 1.75 bits per heavy atom. The normalized spacial score (nSPS) is 13.9. The highest BCUT2D eigenvalue weighted by atomic mass is 32.1.